The van der Waals surface area contributed by atoms with Crippen molar-refractivity contribution in [3.8, 4) is 0 Å². The van der Waals surface area contributed by atoms with E-state index in [1.807, 2.05) is 23.1 Å². The zero-order chi connectivity index (χ0) is 18.1. The Morgan fingerprint density at radius 1 is 1.23 bits per heavy atom. The molecule has 0 radical (unpaired) electrons. The maximum atomic E-state index is 13.4. The molecule has 8 heteroatoms. The van der Waals surface area contributed by atoms with Crippen molar-refractivity contribution in [1.82, 2.24) is 30.2 Å². The van der Waals surface area contributed by atoms with Gasteiger partial charge < -0.3 is 9.80 Å². The van der Waals surface area contributed by atoms with Gasteiger partial charge >= 0.3 is 0 Å². The van der Waals surface area contributed by atoms with Crippen molar-refractivity contribution in [3.63, 3.8) is 0 Å². The zero-order valence-corrected chi connectivity index (χ0v) is 14.8. The lowest BCUT2D eigenvalue weighted by Crippen LogP contribution is -2.61. The first-order chi connectivity index (χ1) is 12.6. The van der Waals surface area contributed by atoms with Gasteiger partial charge in [-0.1, -0.05) is 6.07 Å². The Morgan fingerprint density at radius 3 is 2.73 bits per heavy atom. The number of carbonyl (C=O) groups is 2. The second kappa shape index (κ2) is 6.51. The highest BCUT2D eigenvalue weighted by Gasteiger charge is 2.53. The van der Waals surface area contributed by atoms with Crippen LogP contribution in [0.15, 0.2) is 24.4 Å². The van der Waals surface area contributed by atoms with Gasteiger partial charge in [0.1, 0.15) is 5.54 Å². The zero-order valence-electron chi connectivity index (χ0n) is 14.8. The molecule has 136 valence electrons. The largest absolute Gasteiger partial charge is 0.335 e. The van der Waals surface area contributed by atoms with Gasteiger partial charge in [-0.3, -0.25) is 14.6 Å². The van der Waals surface area contributed by atoms with E-state index < -0.39 is 5.54 Å². The number of amides is 2. The van der Waals surface area contributed by atoms with Crippen LogP contribution >= 0.6 is 0 Å². The van der Waals surface area contributed by atoms with Crippen molar-refractivity contribution < 1.29 is 9.59 Å². The van der Waals surface area contributed by atoms with E-state index in [0.717, 1.165) is 18.5 Å². The van der Waals surface area contributed by atoms with E-state index in [1.54, 1.807) is 18.0 Å². The molecule has 4 heterocycles. The normalized spacial score (nSPS) is 23.0. The summed E-state index contributed by atoms with van der Waals surface area (Å²) in [7, 11) is 0. The molecule has 2 aliphatic heterocycles. The van der Waals surface area contributed by atoms with Crippen molar-refractivity contribution in [1.29, 1.82) is 0 Å². The molecule has 4 rings (SSSR count). The summed E-state index contributed by atoms with van der Waals surface area (Å²) < 4.78 is 0. The van der Waals surface area contributed by atoms with Crippen molar-refractivity contribution in [2.45, 2.75) is 44.7 Å². The van der Waals surface area contributed by atoms with Crippen LogP contribution in [0.2, 0.25) is 0 Å². The number of aromatic amines is 1. The van der Waals surface area contributed by atoms with Gasteiger partial charge in [0.05, 0.1) is 17.9 Å². The molecule has 1 N–H and O–H groups in total. The average Bonchev–Trinajstić information content (AvgIpc) is 3.26. The van der Waals surface area contributed by atoms with Crippen LogP contribution in [0.3, 0.4) is 0 Å². The maximum absolute atomic E-state index is 13.4. The molecule has 2 aromatic rings. The number of hydrogen-bond donors (Lipinski definition) is 1. The summed E-state index contributed by atoms with van der Waals surface area (Å²) in [5, 5.41) is 10.4. The number of rotatable bonds is 3. The Morgan fingerprint density at radius 2 is 2.04 bits per heavy atom. The minimum atomic E-state index is -0.754. The molecular weight excluding hydrogens is 332 g/mol. The number of nitrogens with zero attached hydrogens (tertiary/aromatic N) is 5. The number of piperidine rings is 1. The predicted molar refractivity (Wildman–Crippen MR) is 93.0 cm³/mol. The quantitative estimate of drug-likeness (QED) is 0.896. The van der Waals surface area contributed by atoms with Crippen LogP contribution in [-0.2, 0) is 11.3 Å². The van der Waals surface area contributed by atoms with Crippen LogP contribution in [0.4, 0.5) is 0 Å². The van der Waals surface area contributed by atoms with Crippen molar-refractivity contribution in [2.24, 2.45) is 0 Å². The van der Waals surface area contributed by atoms with Crippen LogP contribution in [0, 0.1) is 6.92 Å². The van der Waals surface area contributed by atoms with Gasteiger partial charge in [-0.2, -0.15) is 15.4 Å². The summed E-state index contributed by atoms with van der Waals surface area (Å²) in [6.45, 7) is 3.50. The molecule has 1 unspecified atom stereocenters. The van der Waals surface area contributed by atoms with Crippen LogP contribution in [0.1, 0.15) is 47.6 Å². The lowest BCUT2D eigenvalue weighted by molar-refractivity contribution is -0.146. The molecule has 0 saturated carbocycles. The number of aromatic nitrogens is 4. The van der Waals surface area contributed by atoms with Crippen molar-refractivity contribution in [2.75, 3.05) is 13.1 Å². The molecule has 1 spiro atoms. The van der Waals surface area contributed by atoms with Gasteiger partial charge in [0, 0.05) is 19.3 Å². The number of H-pyrrole nitrogens is 1. The summed E-state index contributed by atoms with van der Waals surface area (Å²) in [5.41, 5.74) is 0.975. The van der Waals surface area contributed by atoms with Crippen LogP contribution < -0.4 is 0 Å². The van der Waals surface area contributed by atoms with Gasteiger partial charge in [0.15, 0.2) is 5.69 Å². The maximum Gasteiger partial charge on any atom is 0.277 e. The fourth-order valence-corrected chi connectivity index (χ4v) is 4.17. The number of carbonyl (C=O) groups excluding carboxylic acids is 2. The number of nitrogens with one attached hydrogen (secondary N) is 1. The fourth-order valence-electron chi connectivity index (χ4n) is 4.17. The molecule has 2 amide bonds. The van der Waals surface area contributed by atoms with E-state index in [0.29, 0.717) is 43.9 Å². The summed E-state index contributed by atoms with van der Waals surface area (Å²) in [6, 6.07) is 5.71. The molecule has 8 nitrogen and oxygen atoms in total. The van der Waals surface area contributed by atoms with Gasteiger partial charge in [-0.05, 0) is 44.7 Å². The third kappa shape index (κ3) is 2.65. The number of likely N-dealkylation sites (tertiary alicyclic amines) is 2. The van der Waals surface area contributed by atoms with E-state index in [1.165, 1.54) is 0 Å². The molecule has 0 aromatic carbocycles. The molecular formula is C18H22N6O2. The molecule has 2 aromatic heterocycles. The number of aryl methyl sites for hydroxylation is 1. The molecule has 2 aliphatic rings. The first-order valence-electron chi connectivity index (χ1n) is 9.00. The van der Waals surface area contributed by atoms with E-state index in [2.05, 4.69) is 20.4 Å². The highest BCUT2D eigenvalue weighted by Crippen LogP contribution is 2.39. The van der Waals surface area contributed by atoms with Crippen molar-refractivity contribution in [3.05, 3.63) is 41.5 Å². The lowest BCUT2D eigenvalue weighted by atomic mass is 9.85. The van der Waals surface area contributed by atoms with E-state index in [4.69, 9.17) is 0 Å². The van der Waals surface area contributed by atoms with Crippen LogP contribution in [0.5, 0.6) is 0 Å². The summed E-state index contributed by atoms with van der Waals surface area (Å²) >= 11 is 0. The van der Waals surface area contributed by atoms with Gasteiger partial charge in [0.2, 0.25) is 5.91 Å². The Balaban J connectivity index is 1.60. The third-order valence-corrected chi connectivity index (χ3v) is 5.44. The van der Waals surface area contributed by atoms with Crippen molar-refractivity contribution >= 4 is 11.8 Å². The highest BCUT2D eigenvalue weighted by atomic mass is 16.2. The summed E-state index contributed by atoms with van der Waals surface area (Å²) in [5.74, 6) is -0.178. The third-order valence-electron chi connectivity index (χ3n) is 5.44. The smallest absolute Gasteiger partial charge is 0.277 e. The number of hydrogen-bond acceptors (Lipinski definition) is 5. The van der Waals surface area contributed by atoms with Gasteiger partial charge in [0.25, 0.3) is 5.91 Å². The molecule has 2 saturated heterocycles. The van der Waals surface area contributed by atoms with Gasteiger partial charge in [-0.15, -0.1) is 0 Å². The van der Waals surface area contributed by atoms with Gasteiger partial charge in [-0.25, -0.2) is 0 Å². The topological polar surface area (TPSA) is 95.1 Å². The summed E-state index contributed by atoms with van der Waals surface area (Å²) in [6.07, 6.45) is 4.84. The Labute approximate surface area is 151 Å². The molecule has 1 atom stereocenters. The molecule has 0 aliphatic carbocycles. The first-order valence-corrected chi connectivity index (χ1v) is 9.00. The molecule has 2 fully saturated rings. The standard InChI is InChI=1S/C18H22N6O2/c1-13-15(21-22-20-13)16(25)24-11-5-8-18(24)7-4-10-23(17(18)26)12-14-6-2-3-9-19-14/h2-3,6,9H,4-5,7-8,10-12H2,1H3,(H,20,21,22). The molecule has 26 heavy (non-hydrogen) atoms. The number of pyridine rings is 1. The Bertz CT molecular complexity index is 820. The lowest BCUT2D eigenvalue weighted by Gasteiger charge is -2.44. The minimum Gasteiger partial charge on any atom is -0.335 e. The van der Waals surface area contributed by atoms with Crippen LogP contribution in [-0.4, -0.2) is 60.6 Å². The Hall–Kier alpha value is -2.77. The monoisotopic (exact) mass is 354 g/mol. The highest BCUT2D eigenvalue weighted by molar-refractivity contribution is 5.99. The second-order valence-electron chi connectivity index (χ2n) is 7.00. The second-order valence-corrected chi connectivity index (χ2v) is 7.00. The first kappa shape index (κ1) is 16.7. The van der Waals surface area contributed by atoms with Crippen LogP contribution in [0.25, 0.3) is 0 Å². The van der Waals surface area contributed by atoms with E-state index in [9.17, 15) is 9.59 Å². The summed E-state index contributed by atoms with van der Waals surface area (Å²) in [4.78, 5) is 34.3. The fraction of sp³-hybridized carbons (Fsp3) is 0.500. The average molecular weight is 354 g/mol. The minimum absolute atomic E-state index is 0.0291. The SMILES string of the molecule is Cc1n[nH]nc1C(=O)N1CCCC12CCCN(Cc1ccccn1)C2=O. The predicted octanol–water partition coefficient (Wildman–Crippen LogP) is 1.31. The van der Waals surface area contributed by atoms with E-state index in [-0.39, 0.29) is 11.8 Å². The Kier molecular flexibility index (Phi) is 4.18. The molecule has 0 bridgehead atoms. The van der Waals surface area contributed by atoms with E-state index >= 15 is 0 Å².